The van der Waals surface area contributed by atoms with Gasteiger partial charge in [-0.25, -0.2) is 15.1 Å². The molecule has 1 saturated carbocycles. The van der Waals surface area contributed by atoms with E-state index in [1.807, 2.05) is 35.3 Å². The summed E-state index contributed by atoms with van der Waals surface area (Å²) in [6.45, 7) is -0.379. The minimum Gasteiger partial charge on any atom is -0.390 e. The largest absolute Gasteiger partial charge is 0.390 e. The van der Waals surface area contributed by atoms with Gasteiger partial charge in [0.15, 0.2) is 0 Å². The number of carbonyl (C=O) groups is 1. The maximum atomic E-state index is 13.5. The highest BCUT2D eigenvalue weighted by Gasteiger charge is 2.42. The Morgan fingerprint density at radius 1 is 1.26 bits per heavy atom. The molecule has 1 fully saturated rings. The zero-order chi connectivity index (χ0) is 27.0. The van der Waals surface area contributed by atoms with E-state index in [-0.39, 0.29) is 35.4 Å². The molecule has 2 aliphatic rings. The normalized spacial score (nSPS) is 25.2. The number of thiophene rings is 1. The highest BCUT2D eigenvalue weighted by atomic mass is 35.5. The van der Waals surface area contributed by atoms with Crippen LogP contribution in [0.15, 0.2) is 42.2 Å². The number of hydrogen-bond acceptors (Lipinski definition) is 11. The van der Waals surface area contributed by atoms with Crippen LogP contribution in [0.25, 0.3) is 0 Å². The van der Waals surface area contributed by atoms with Crippen molar-refractivity contribution >= 4 is 56.6 Å². The Morgan fingerprint density at radius 2 is 2.08 bits per heavy atom. The maximum Gasteiger partial charge on any atom is 0.333 e. The summed E-state index contributed by atoms with van der Waals surface area (Å²) < 4.78 is 26.8. The van der Waals surface area contributed by atoms with Crippen molar-refractivity contribution < 1.29 is 27.6 Å². The van der Waals surface area contributed by atoms with Gasteiger partial charge in [0.25, 0.3) is 0 Å². The Hall–Kier alpha value is -2.10. The van der Waals surface area contributed by atoms with E-state index in [1.165, 1.54) is 29.4 Å². The van der Waals surface area contributed by atoms with E-state index in [9.17, 15) is 23.4 Å². The number of aliphatic hydroxyl groups is 2. The molecule has 5 N–H and O–H groups in total. The van der Waals surface area contributed by atoms with Crippen LogP contribution in [0.2, 0.25) is 5.02 Å². The number of halogens is 1. The van der Waals surface area contributed by atoms with Crippen molar-refractivity contribution in [2.45, 2.75) is 36.3 Å². The summed E-state index contributed by atoms with van der Waals surface area (Å²) in [6, 6.07) is 7.12. The first-order chi connectivity index (χ1) is 18.1. The molecule has 3 heterocycles. The number of aromatic nitrogens is 2. The molecule has 0 spiro atoms. The topological polar surface area (TPSA) is 165 Å². The highest BCUT2D eigenvalue weighted by molar-refractivity contribution is 7.99. The fraction of sp³-hybridized carbons (Fsp3) is 0.375. The van der Waals surface area contributed by atoms with Crippen LogP contribution in [-0.2, 0) is 20.9 Å². The summed E-state index contributed by atoms with van der Waals surface area (Å²) in [5.41, 5.74) is 3.65. The summed E-state index contributed by atoms with van der Waals surface area (Å²) in [7, 11) is -4.19. The summed E-state index contributed by atoms with van der Waals surface area (Å²) >= 11 is 9.41. The minimum atomic E-state index is -4.19. The molecule has 0 bridgehead atoms. The summed E-state index contributed by atoms with van der Waals surface area (Å²) in [5, 5.41) is 31.5. The van der Waals surface area contributed by atoms with Crippen molar-refractivity contribution in [1.82, 2.24) is 9.97 Å². The fourth-order valence-electron chi connectivity index (χ4n) is 4.83. The molecule has 5 atom stereocenters. The first-order valence-corrected chi connectivity index (χ1v) is 15.5. The molecule has 5 rings (SSSR count). The second-order valence-electron chi connectivity index (χ2n) is 9.21. The summed E-state index contributed by atoms with van der Waals surface area (Å²) in [5.74, 6) is 0.204. The summed E-state index contributed by atoms with van der Waals surface area (Å²) in [6.07, 6.45) is 1.32. The lowest BCUT2D eigenvalue weighted by Crippen LogP contribution is -2.36. The lowest BCUT2D eigenvalue weighted by atomic mass is 9.98. The molecule has 1 aliphatic carbocycles. The van der Waals surface area contributed by atoms with Gasteiger partial charge in [-0.05, 0) is 58.9 Å². The molecule has 0 unspecified atom stereocenters. The van der Waals surface area contributed by atoms with E-state index in [0.29, 0.717) is 9.90 Å². The van der Waals surface area contributed by atoms with E-state index >= 15 is 0 Å². The third-order valence-electron chi connectivity index (χ3n) is 6.72. The van der Waals surface area contributed by atoms with Crippen LogP contribution >= 0.6 is 34.7 Å². The predicted octanol–water partition coefficient (Wildman–Crippen LogP) is 2.54. The maximum absolute atomic E-state index is 13.5. The molecule has 3 aromatic rings. The zero-order valence-corrected chi connectivity index (χ0v) is 23.1. The first-order valence-electron chi connectivity index (χ1n) is 11.7. The Labute approximate surface area is 232 Å². The minimum absolute atomic E-state index is 0.0754. The monoisotopic (exact) mass is 596 g/mol. The van der Waals surface area contributed by atoms with Crippen LogP contribution in [0.5, 0.6) is 0 Å². The van der Waals surface area contributed by atoms with Crippen molar-refractivity contribution in [2.24, 2.45) is 11.1 Å². The lowest BCUT2D eigenvalue weighted by Gasteiger charge is -2.24. The number of nitrogens with zero attached hydrogens (tertiary/aromatic N) is 2. The second kappa shape index (κ2) is 11.2. The number of nitrogens with one attached hydrogen (secondary N) is 1. The molecular formula is C24H25ClN4O6S3. The van der Waals surface area contributed by atoms with Crippen LogP contribution in [0, 0.1) is 5.92 Å². The van der Waals surface area contributed by atoms with Gasteiger partial charge in [-0.1, -0.05) is 17.7 Å². The van der Waals surface area contributed by atoms with Gasteiger partial charge in [0, 0.05) is 17.1 Å². The van der Waals surface area contributed by atoms with Crippen molar-refractivity contribution in [3.05, 3.63) is 74.3 Å². The quantitative estimate of drug-likeness (QED) is 0.284. The number of carbonyl (C=O) groups excluding carboxylic acids is 1. The van der Waals surface area contributed by atoms with Crippen molar-refractivity contribution in [3.63, 3.8) is 0 Å². The molecule has 1 aliphatic heterocycles. The average Bonchev–Trinajstić information content (AvgIpc) is 3.48. The third-order valence-corrected chi connectivity index (χ3v) is 9.67. The number of benzene rings is 1. The molecule has 2 aromatic heterocycles. The number of aryl methyl sites for hydroxylation is 1. The van der Waals surface area contributed by atoms with Crippen molar-refractivity contribution in [1.29, 1.82) is 0 Å². The number of thioether (sulfide) groups is 1. The SMILES string of the molecule is NS(=O)(=O)OC[C@H]1C[C@@H](Nc2ncncc2C(=O)c2cc([C@@H]3SCCc4ccc(Cl)cc43)cs2)[C@H](O)[C@@H]1O. The van der Waals surface area contributed by atoms with Gasteiger partial charge in [-0.2, -0.15) is 8.42 Å². The Balaban J connectivity index is 1.34. The molecule has 10 nitrogen and oxygen atoms in total. The van der Waals surface area contributed by atoms with Gasteiger partial charge in [-0.15, -0.1) is 23.1 Å². The highest BCUT2D eigenvalue weighted by Crippen LogP contribution is 2.44. The first kappa shape index (κ1) is 27.5. The van der Waals surface area contributed by atoms with Gasteiger partial charge < -0.3 is 15.5 Å². The zero-order valence-electron chi connectivity index (χ0n) is 19.9. The average molecular weight is 597 g/mol. The van der Waals surface area contributed by atoms with Gasteiger partial charge in [0.05, 0.1) is 34.4 Å². The predicted molar refractivity (Wildman–Crippen MR) is 146 cm³/mol. The molecule has 1 aromatic carbocycles. The second-order valence-corrected chi connectivity index (χ2v) is 13.0. The fourth-order valence-corrected chi connectivity index (χ4v) is 7.65. The number of nitrogens with two attached hydrogens (primary N) is 1. The van der Waals surface area contributed by atoms with E-state index < -0.39 is 34.5 Å². The molecule has 14 heteroatoms. The van der Waals surface area contributed by atoms with Crippen LogP contribution < -0.4 is 10.5 Å². The molecule has 202 valence electrons. The van der Waals surface area contributed by atoms with Gasteiger partial charge in [-0.3, -0.25) is 8.98 Å². The molecule has 0 radical (unpaired) electrons. The van der Waals surface area contributed by atoms with Gasteiger partial charge >= 0.3 is 10.3 Å². The van der Waals surface area contributed by atoms with Crippen LogP contribution in [-0.4, -0.2) is 65.0 Å². The number of hydrogen-bond donors (Lipinski definition) is 4. The molecule has 0 saturated heterocycles. The molecule has 38 heavy (non-hydrogen) atoms. The summed E-state index contributed by atoms with van der Waals surface area (Å²) in [4.78, 5) is 22.2. The number of aliphatic hydroxyl groups excluding tert-OH is 2. The number of ketones is 1. The molecule has 0 amide bonds. The van der Waals surface area contributed by atoms with E-state index in [4.69, 9.17) is 16.7 Å². The number of rotatable bonds is 8. The van der Waals surface area contributed by atoms with Crippen molar-refractivity contribution in [3.8, 4) is 0 Å². The standard InChI is InChI=1S/C24H25ClN4O6S3/c25-15-2-1-12-3-4-36-23(16(12)7-15)14-6-19(37-10-14)21(31)17-8-27-11-28-24(17)29-18-5-13(20(30)22(18)32)9-35-38(26,33)34/h1-2,6-8,10-11,13,18,20,22-23,30,32H,3-5,9H2,(H2,26,33,34)(H,27,28,29)/t13-,18-,20-,22+,23+/m1/s1. The van der Waals surface area contributed by atoms with E-state index in [1.54, 1.807) is 0 Å². The number of anilines is 1. The van der Waals surface area contributed by atoms with Gasteiger partial charge in [0.2, 0.25) is 5.78 Å². The molecular weight excluding hydrogens is 572 g/mol. The lowest BCUT2D eigenvalue weighted by molar-refractivity contribution is 0.00778. The Kier molecular flexibility index (Phi) is 8.08. The van der Waals surface area contributed by atoms with Crippen LogP contribution in [0.4, 0.5) is 5.82 Å². The van der Waals surface area contributed by atoms with Crippen LogP contribution in [0.1, 0.15) is 43.6 Å². The third kappa shape index (κ3) is 5.89. The van der Waals surface area contributed by atoms with E-state index in [2.05, 4.69) is 25.5 Å². The van der Waals surface area contributed by atoms with Crippen molar-refractivity contribution in [2.75, 3.05) is 17.7 Å². The smallest absolute Gasteiger partial charge is 0.333 e. The Morgan fingerprint density at radius 3 is 2.87 bits per heavy atom. The van der Waals surface area contributed by atoms with Gasteiger partial charge in [0.1, 0.15) is 18.2 Å². The van der Waals surface area contributed by atoms with Crippen LogP contribution in [0.3, 0.4) is 0 Å². The Bertz CT molecular complexity index is 1450. The number of fused-ring (bicyclic) bond motifs is 1. The van der Waals surface area contributed by atoms with E-state index in [0.717, 1.165) is 23.3 Å².